The maximum Gasteiger partial charge on any atom is 0.258 e. The van der Waals surface area contributed by atoms with Crippen LogP contribution in [0.3, 0.4) is 0 Å². The summed E-state index contributed by atoms with van der Waals surface area (Å²) in [5.41, 5.74) is 2.58. The van der Waals surface area contributed by atoms with E-state index in [1.54, 1.807) is 7.11 Å². The lowest BCUT2D eigenvalue weighted by molar-refractivity contribution is 0.415. The Hall–Kier alpha value is -2.62. The van der Waals surface area contributed by atoms with E-state index in [4.69, 9.17) is 4.74 Å². The standard InChI is InChI=1S/C15H12N2O2/c1-19-12-5-2-10(3-6-12)11-4-7-14-13(8-11)15(18)17-9-16-14/h2-9H,1H3,(H,16,17,18). The van der Waals surface area contributed by atoms with Gasteiger partial charge in [-0.25, -0.2) is 4.98 Å². The number of nitrogens with zero attached hydrogens (tertiary/aromatic N) is 1. The van der Waals surface area contributed by atoms with E-state index in [0.717, 1.165) is 16.9 Å². The smallest absolute Gasteiger partial charge is 0.258 e. The zero-order valence-corrected chi connectivity index (χ0v) is 10.4. The van der Waals surface area contributed by atoms with Crippen molar-refractivity contribution in [1.29, 1.82) is 0 Å². The van der Waals surface area contributed by atoms with Gasteiger partial charge < -0.3 is 9.72 Å². The molecule has 0 fully saturated rings. The van der Waals surface area contributed by atoms with Crippen molar-refractivity contribution >= 4 is 10.9 Å². The second kappa shape index (κ2) is 4.57. The van der Waals surface area contributed by atoms with E-state index < -0.39 is 0 Å². The lowest BCUT2D eigenvalue weighted by Crippen LogP contribution is -2.05. The summed E-state index contributed by atoms with van der Waals surface area (Å²) in [5, 5.41) is 0.593. The van der Waals surface area contributed by atoms with Gasteiger partial charge in [0.2, 0.25) is 0 Å². The number of rotatable bonds is 2. The first kappa shape index (κ1) is 11.5. The van der Waals surface area contributed by atoms with Crippen LogP contribution in [0.25, 0.3) is 22.0 Å². The van der Waals surface area contributed by atoms with E-state index in [2.05, 4.69) is 9.97 Å². The van der Waals surface area contributed by atoms with E-state index in [-0.39, 0.29) is 5.56 Å². The number of ether oxygens (including phenoxy) is 1. The highest BCUT2D eigenvalue weighted by Crippen LogP contribution is 2.24. The van der Waals surface area contributed by atoms with Crippen molar-refractivity contribution in [3.63, 3.8) is 0 Å². The highest BCUT2D eigenvalue weighted by Gasteiger charge is 2.03. The number of benzene rings is 2. The van der Waals surface area contributed by atoms with Crippen LogP contribution in [0.5, 0.6) is 5.75 Å². The molecule has 0 unspecified atom stereocenters. The second-order valence-electron chi connectivity index (χ2n) is 4.19. The van der Waals surface area contributed by atoms with Gasteiger partial charge in [-0.05, 0) is 35.4 Å². The zero-order valence-electron chi connectivity index (χ0n) is 10.4. The predicted octanol–water partition coefficient (Wildman–Crippen LogP) is 2.60. The molecular weight excluding hydrogens is 240 g/mol. The topological polar surface area (TPSA) is 55.0 Å². The van der Waals surface area contributed by atoms with E-state index in [0.29, 0.717) is 10.9 Å². The Kier molecular flexibility index (Phi) is 2.76. The van der Waals surface area contributed by atoms with Crippen molar-refractivity contribution in [2.75, 3.05) is 7.11 Å². The number of aromatic amines is 1. The van der Waals surface area contributed by atoms with Gasteiger partial charge in [0, 0.05) is 0 Å². The number of fused-ring (bicyclic) bond motifs is 1. The molecule has 0 aliphatic carbocycles. The summed E-state index contributed by atoms with van der Waals surface area (Å²) in [7, 11) is 1.64. The molecule has 0 aliphatic heterocycles. The molecule has 0 bridgehead atoms. The van der Waals surface area contributed by atoms with Crippen molar-refractivity contribution in [3.05, 3.63) is 59.1 Å². The quantitative estimate of drug-likeness (QED) is 0.762. The Morgan fingerprint density at radius 1 is 1.05 bits per heavy atom. The molecule has 4 heteroatoms. The summed E-state index contributed by atoms with van der Waals surface area (Å²) < 4.78 is 5.13. The van der Waals surface area contributed by atoms with Crippen LogP contribution in [-0.2, 0) is 0 Å². The fourth-order valence-corrected chi connectivity index (χ4v) is 2.03. The maximum atomic E-state index is 11.7. The molecular formula is C15H12N2O2. The minimum atomic E-state index is -0.125. The third-order valence-corrected chi connectivity index (χ3v) is 3.06. The number of hydrogen-bond acceptors (Lipinski definition) is 3. The molecule has 0 atom stereocenters. The molecule has 0 saturated heterocycles. The number of aromatic nitrogens is 2. The van der Waals surface area contributed by atoms with Gasteiger partial charge >= 0.3 is 0 Å². The first-order chi connectivity index (χ1) is 9.28. The summed E-state index contributed by atoms with van der Waals surface area (Å²) in [6.07, 6.45) is 1.41. The Balaban J connectivity index is 2.14. The number of H-pyrrole nitrogens is 1. The highest BCUT2D eigenvalue weighted by atomic mass is 16.5. The average molecular weight is 252 g/mol. The molecule has 0 spiro atoms. The molecule has 0 aliphatic rings. The Bertz CT molecular complexity index is 776. The third-order valence-electron chi connectivity index (χ3n) is 3.06. The molecule has 94 valence electrons. The van der Waals surface area contributed by atoms with Gasteiger partial charge in [0.05, 0.1) is 24.3 Å². The van der Waals surface area contributed by atoms with Crippen molar-refractivity contribution in [1.82, 2.24) is 9.97 Å². The number of methoxy groups -OCH3 is 1. The van der Waals surface area contributed by atoms with Crippen LogP contribution in [0.2, 0.25) is 0 Å². The van der Waals surface area contributed by atoms with Crippen LogP contribution in [0.1, 0.15) is 0 Å². The maximum absolute atomic E-state index is 11.7. The molecule has 0 radical (unpaired) electrons. The monoisotopic (exact) mass is 252 g/mol. The summed E-state index contributed by atoms with van der Waals surface area (Å²) in [6, 6.07) is 13.4. The molecule has 19 heavy (non-hydrogen) atoms. The first-order valence-electron chi connectivity index (χ1n) is 5.90. The summed E-state index contributed by atoms with van der Waals surface area (Å²) in [6.45, 7) is 0. The minimum Gasteiger partial charge on any atom is -0.497 e. The van der Waals surface area contributed by atoms with Crippen LogP contribution < -0.4 is 10.3 Å². The summed E-state index contributed by atoms with van der Waals surface area (Å²) in [5.74, 6) is 0.809. The van der Waals surface area contributed by atoms with Gasteiger partial charge in [-0.15, -0.1) is 0 Å². The van der Waals surface area contributed by atoms with Crippen LogP contribution in [0, 0.1) is 0 Å². The van der Waals surface area contributed by atoms with Gasteiger partial charge in [0.15, 0.2) is 0 Å². The largest absolute Gasteiger partial charge is 0.497 e. The molecule has 3 rings (SSSR count). The number of nitrogens with one attached hydrogen (secondary N) is 1. The molecule has 1 heterocycles. The van der Waals surface area contributed by atoms with Crippen molar-refractivity contribution in [3.8, 4) is 16.9 Å². The zero-order chi connectivity index (χ0) is 13.2. The van der Waals surface area contributed by atoms with Gasteiger partial charge in [-0.3, -0.25) is 4.79 Å². The van der Waals surface area contributed by atoms with Gasteiger partial charge in [0.25, 0.3) is 5.56 Å². The van der Waals surface area contributed by atoms with E-state index >= 15 is 0 Å². The second-order valence-corrected chi connectivity index (χ2v) is 4.19. The first-order valence-corrected chi connectivity index (χ1v) is 5.90. The summed E-state index contributed by atoms with van der Waals surface area (Å²) >= 11 is 0. The highest BCUT2D eigenvalue weighted by molar-refractivity contribution is 5.83. The molecule has 0 saturated carbocycles. The molecule has 1 N–H and O–H groups in total. The van der Waals surface area contributed by atoms with Crippen molar-refractivity contribution in [2.45, 2.75) is 0 Å². The summed E-state index contributed by atoms with van der Waals surface area (Å²) in [4.78, 5) is 18.5. The van der Waals surface area contributed by atoms with Gasteiger partial charge in [-0.2, -0.15) is 0 Å². The lowest BCUT2D eigenvalue weighted by atomic mass is 10.0. The molecule has 4 nitrogen and oxygen atoms in total. The SMILES string of the molecule is COc1ccc(-c2ccc3nc[nH]c(=O)c3c2)cc1. The fourth-order valence-electron chi connectivity index (χ4n) is 2.03. The molecule has 0 amide bonds. The average Bonchev–Trinajstić information content (AvgIpc) is 2.47. The van der Waals surface area contributed by atoms with Crippen LogP contribution in [0.4, 0.5) is 0 Å². The molecule has 2 aromatic carbocycles. The molecule has 1 aromatic heterocycles. The van der Waals surface area contributed by atoms with E-state index in [1.165, 1.54) is 6.33 Å². The normalized spacial score (nSPS) is 10.6. The van der Waals surface area contributed by atoms with E-state index in [9.17, 15) is 4.79 Å². The van der Waals surface area contributed by atoms with Crippen LogP contribution >= 0.6 is 0 Å². The third kappa shape index (κ3) is 2.08. The lowest BCUT2D eigenvalue weighted by Gasteiger charge is -2.04. The van der Waals surface area contributed by atoms with E-state index in [1.807, 2.05) is 42.5 Å². The van der Waals surface area contributed by atoms with Crippen molar-refractivity contribution in [2.24, 2.45) is 0 Å². The van der Waals surface area contributed by atoms with Crippen molar-refractivity contribution < 1.29 is 4.74 Å². The van der Waals surface area contributed by atoms with Crippen LogP contribution in [0.15, 0.2) is 53.6 Å². The van der Waals surface area contributed by atoms with Crippen LogP contribution in [-0.4, -0.2) is 17.1 Å². The van der Waals surface area contributed by atoms with Gasteiger partial charge in [0.1, 0.15) is 5.75 Å². The van der Waals surface area contributed by atoms with Gasteiger partial charge in [-0.1, -0.05) is 18.2 Å². The Morgan fingerprint density at radius 3 is 2.53 bits per heavy atom. The Morgan fingerprint density at radius 2 is 1.79 bits per heavy atom. The Labute approximate surface area is 109 Å². The molecule has 3 aromatic rings. The number of hydrogen-bond donors (Lipinski definition) is 1. The fraction of sp³-hybridized carbons (Fsp3) is 0.0667. The minimum absolute atomic E-state index is 0.125. The predicted molar refractivity (Wildman–Crippen MR) is 74.4 cm³/mol.